The van der Waals surface area contributed by atoms with E-state index in [0.717, 1.165) is 36.7 Å². The smallest absolute Gasteiger partial charge is 0.240 e. The van der Waals surface area contributed by atoms with E-state index in [1.807, 2.05) is 0 Å². The maximum absolute atomic E-state index is 12.1. The molecule has 0 unspecified atom stereocenters. The summed E-state index contributed by atoms with van der Waals surface area (Å²) in [5.41, 5.74) is 0. The molecule has 26 heavy (non-hydrogen) atoms. The van der Waals surface area contributed by atoms with Crippen LogP contribution >= 0.6 is 15.9 Å². The zero-order chi connectivity index (χ0) is 19.3. The maximum Gasteiger partial charge on any atom is 0.240 e. The second kappa shape index (κ2) is 13.3. The lowest BCUT2D eigenvalue weighted by molar-refractivity contribution is -0.121. The summed E-state index contributed by atoms with van der Waals surface area (Å²) < 4.78 is 27.7. The molecule has 0 aliphatic carbocycles. The van der Waals surface area contributed by atoms with Crippen LogP contribution in [0.25, 0.3) is 0 Å². The van der Waals surface area contributed by atoms with Gasteiger partial charge < -0.3 is 5.32 Å². The number of sulfonamides is 1. The number of carbonyl (C=O) groups excluding carboxylic acids is 1. The van der Waals surface area contributed by atoms with Gasteiger partial charge in [-0.05, 0) is 43.5 Å². The zero-order valence-electron chi connectivity index (χ0n) is 15.6. The number of carbonyl (C=O) groups is 1. The number of halogens is 1. The molecule has 0 atom stereocenters. The molecule has 148 valence electrons. The Morgan fingerprint density at radius 1 is 0.923 bits per heavy atom. The third-order valence-electron chi connectivity index (χ3n) is 4.10. The summed E-state index contributed by atoms with van der Waals surface area (Å²) in [5, 5.41) is 2.95. The predicted octanol–water partition coefficient (Wildman–Crippen LogP) is 4.37. The van der Waals surface area contributed by atoms with Crippen molar-refractivity contribution in [3.05, 3.63) is 28.7 Å². The monoisotopic (exact) mass is 446 g/mol. The van der Waals surface area contributed by atoms with Crippen molar-refractivity contribution in [3.8, 4) is 0 Å². The molecule has 0 radical (unpaired) electrons. The standard InChI is InChI=1S/C19H31BrN2O3S/c1-2-3-4-5-8-15-21-19(23)10-7-6-9-16-22-26(24,25)18-13-11-17(20)12-14-18/h11-14,22H,2-10,15-16H2,1H3,(H,21,23). The molecular weight excluding hydrogens is 416 g/mol. The van der Waals surface area contributed by atoms with Gasteiger partial charge in [-0.15, -0.1) is 0 Å². The van der Waals surface area contributed by atoms with Gasteiger partial charge in [0, 0.05) is 24.0 Å². The molecule has 1 aromatic rings. The lowest BCUT2D eigenvalue weighted by Crippen LogP contribution is -2.25. The molecule has 0 aliphatic heterocycles. The van der Waals surface area contributed by atoms with Gasteiger partial charge in [-0.25, -0.2) is 13.1 Å². The summed E-state index contributed by atoms with van der Waals surface area (Å²) in [6.07, 6.45) is 8.78. The van der Waals surface area contributed by atoms with E-state index in [1.165, 1.54) is 25.7 Å². The molecule has 1 rings (SSSR count). The summed E-state index contributed by atoms with van der Waals surface area (Å²) in [5.74, 6) is 0.0935. The average Bonchev–Trinajstić information content (AvgIpc) is 2.61. The number of nitrogens with one attached hydrogen (secondary N) is 2. The normalized spacial score (nSPS) is 11.5. The topological polar surface area (TPSA) is 75.3 Å². The van der Waals surface area contributed by atoms with Crippen LogP contribution in [0.2, 0.25) is 0 Å². The van der Waals surface area contributed by atoms with E-state index in [1.54, 1.807) is 24.3 Å². The van der Waals surface area contributed by atoms with Crippen LogP contribution in [-0.4, -0.2) is 27.4 Å². The van der Waals surface area contributed by atoms with Crippen LogP contribution in [0.3, 0.4) is 0 Å². The Hall–Kier alpha value is -0.920. The van der Waals surface area contributed by atoms with Gasteiger partial charge in [0.25, 0.3) is 0 Å². The van der Waals surface area contributed by atoms with Crippen molar-refractivity contribution in [1.82, 2.24) is 10.0 Å². The van der Waals surface area contributed by atoms with Gasteiger partial charge in [0.1, 0.15) is 0 Å². The van der Waals surface area contributed by atoms with Gasteiger partial charge in [-0.1, -0.05) is 55.0 Å². The molecule has 0 bridgehead atoms. The molecule has 5 nitrogen and oxygen atoms in total. The van der Waals surface area contributed by atoms with Crippen molar-refractivity contribution in [1.29, 1.82) is 0 Å². The third kappa shape index (κ3) is 10.3. The molecule has 1 aromatic carbocycles. The number of rotatable bonds is 14. The molecule has 0 fully saturated rings. The van der Waals surface area contributed by atoms with E-state index in [0.29, 0.717) is 13.0 Å². The Morgan fingerprint density at radius 3 is 2.23 bits per heavy atom. The summed E-state index contributed by atoms with van der Waals surface area (Å²) in [6, 6.07) is 6.55. The number of hydrogen-bond donors (Lipinski definition) is 2. The molecule has 0 aromatic heterocycles. The Bertz CT molecular complexity index is 618. The lowest BCUT2D eigenvalue weighted by atomic mass is 10.1. The minimum absolute atomic E-state index is 0.0935. The molecule has 1 amide bonds. The molecule has 0 heterocycles. The van der Waals surface area contributed by atoms with Crippen molar-refractivity contribution in [2.45, 2.75) is 69.6 Å². The third-order valence-corrected chi connectivity index (χ3v) is 6.10. The first kappa shape index (κ1) is 23.1. The van der Waals surface area contributed by atoms with E-state index < -0.39 is 10.0 Å². The van der Waals surface area contributed by atoms with Gasteiger partial charge in [-0.2, -0.15) is 0 Å². The highest BCUT2D eigenvalue weighted by Crippen LogP contribution is 2.14. The molecule has 0 aliphatic rings. The molecule has 0 spiro atoms. The van der Waals surface area contributed by atoms with Crippen molar-refractivity contribution < 1.29 is 13.2 Å². The minimum Gasteiger partial charge on any atom is -0.356 e. The SMILES string of the molecule is CCCCCCCNC(=O)CCCCCNS(=O)(=O)c1ccc(Br)cc1. The van der Waals surface area contributed by atoms with E-state index in [4.69, 9.17) is 0 Å². The molecular formula is C19H31BrN2O3S. The Kier molecular flexibility index (Phi) is 11.8. The van der Waals surface area contributed by atoms with Crippen LogP contribution in [0.5, 0.6) is 0 Å². The van der Waals surface area contributed by atoms with Crippen LogP contribution in [0.15, 0.2) is 33.6 Å². The van der Waals surface area contributed by atoms with E-state index in [9.17, 15) is 13.2 Å². The Morgan fingerprint density at radius 2 is 1.54 bits per heavy atom. The highest BCUT2D eigenvalue weighted by Gasteiger charge is 2.12. The molecule has 7 heteroatoms. The lowest BCUT2D eigenvalue weighted by Gasteiger charge is -2.07. The maximum atomic E-state index is 12.1. The predicted molar refractivity (Wildman–Crippen MR) is 110 cm³/mol. The second-order valence-corrected chi connectivity index (χ2v) is 9.11. The van der Waals surface area contributed by atoms with Gasteiger partial charge in [-0.3, -0.25) is 4.79 Å². The molecule has 2 N–H and O–H groups in total. The van der Waals surface area contributed by atoms with Crippen molar-refractivity contribution in [2.75, 3.05) is 13.1 Å². The molecule has 0 saturated carbocycles. The summed E-state index contributed by atoms with van der Waals surface area (Å²) in [6.45, 7) is 3.33. The number of hydrogen-bond acceptors (Lipinski definition) is 3. The van der Waals surface area contributed by atoms with Crippen LogP contribution in [-0.2, 0) is 14.8 Å². The fourth-order valence-electron chi connectivity index (χ4n) is 2.54. The van der Waals surface area contributed by atoms with Crippen LogP contribution < -0.4 is 10.0 Å². The Labute approximate surface area is 166 Å². The van der Waals surface area contributed by atoms with E-state index >= 15 is 0 Å². The largest absolute Gasteiger partial charge is 0.356 e. The fourth-order valence-corrected chi connectivity index (χ4v) is 3.87. The second-order valence-electron chi connectivity index (χ2n) is 6.43. The van der Waals surface area contributed by atoms with Gasteiger partial charge in [0.2, 0.25) is 15.9 Å². The highest BCUT2D eigenvalue weighted by atomic mass is 79.9. The first-order valence-electron chi connectivity index (χ1n) is 9.47. The van der Waals surface area contributed by atoms with E-state index in [2.05, 4.69) is 32.9 Å². The summed E-state index contributed by atoms with van der Waals surface area (Å²) >= 11 is 3.29. The minimum atomic E-state index is -3.45. The Balaban J connectivity index is 2.06. The highest BCUT2D eigenvalue weighted by molar-refractivity contribution is 9.10. The fraction of sp³-hybridized carbons (Fsp3) is 0.632. The van der Waals surface area contributed by atoms with Crippen LogP contribution in [0, 0.1) is 0 Å². The molecule has 0 saturated heterocycles. The van der Waals surface area contributed by atoms with Crippen LogP contribution in [0.1, 0.15) is 64.7 Å². The van der Waals surface area contributed by atoms with Crippen molar-refractivity contribution >= 4 is 31.9 Å². The number of amides is 1. The number of benzene rings is 1. The zero-order valence-corrected chi connectivity index (χ0v) is 18.0. The van der Waals surface area contributed by atoms with Gasteiger partial charge in [0.15, 0.2) is 0 Å². The van der Waals surface area contributed by atoms with Crippen molar-refractivity contribution in [2.24, 2.45) is 0 Å². The van der Waals surface area contributed by atoms with Crippen LogP contribution in [0.4, 0.5) is 0 Å². The summed E-state index contributed by atoms with van der Waals surface area (Å²) in [4.78, 5) is 12.0. The van der Waals surface area contributed by atoms with E-state index in [-0.39, 0.29) is 10.8 Å². The first-order valence-corrected chi connectivity index (χ1v) is 11.7. The number of unbranched alkanes of at least 4 members (excludes halogenated alkanes) is 6. The van der Waals surface area contributed by atoms with Gasteiger partial charge in [0.05, 0.1) is 4.90 Å². The van der Waals surface area contributed by atoms with Crippen molar-refractivity contribution in [3.63, 3.8) is 0 Å². The average molecular weight is 447 g/mol. The summed E-state index contributed by atoms with van der Waals surface area (Å²) in [7, 11) is -3.45. The quantitative estimate of drug-likeness (QED) is 0.416. The van der Waals surface area contributed by atoms with Gasteiger partial charge >= 0.3 is 0 Å². The first-order chi connectivity index (χ1) is 12.5.